The zero-order chi connectivity index (χ0) is 20.6. The third-order valence-electron chi connectivity index (χ3n) is 4.78. The molecule has 9 heteroatoms. The lowest BCUT2D eigenvalue weighted by molar-refractivity contribution is -0.122. The Balaban J connectivity index is 1.51. The van der Waals surface area contributed by atoms with E-state index in [1.54, 1.807) is 37.3 Å². The van der Waals surface area contributed by atoms with Crippen molar-refractivity contribution in [2.75, 3.05) is 22.1 Å². The largest absolute Gasteiger partial charge is 0.479 e. The molecule has 1 saturated heterocycles. The van der Waals surface area contributed by atoms with E-state index in [0.29, 0.717) is 29.1 Å². The molecule has 0 aliphatic carbocycles. The maximum absolute atomic E-state index is 12.9. The van der Waals surface area contributed by atoms with E-state index in [-0.39, 0.29) is 28.6 Å². The van der Waals surface area contributed by atoms with Crippen LogP contribution in [0.1, 0.15) is 23.7 Å². The minimum atomic E-state index is -2.98. The number of amides is 2. The highest BCUT2D eigenvalue weighted by molar-refractivity contribution is 8.02. The Kier molecular flexibility index (Phi) is 5.26. The molecule has 1 fully saturated rings. The molecular weight excluding hydrogens is 412 g/mol. The molecule has 2 heterocycles. The van der Waals surface area contributed by atoms with E-state index >= 15 is 0 Å². The lowest BCUT2D eigenvalue weighted by Gasteiger charge is -2.23. The molecule has 2 aliphatic rings. The van der Waals surface area contributed by atoms with Crippen LogP contribution in [0.15, 0.2) is 47.4 Å². The molecule has 2 aromatic rings. The van der Waals surface area contributed by atoms with Gasteiger partial charge in [-0.1, -0.05) is 12.1 Å². The average molecular weight is 433 g/mol. The number of rotatable bonds is 4. The van der Waals surface area contributed by atoms with Crippen LogP contribution < -0.4 is 15.4 Å². The van der Waals surface area contributed by atoms with E-state index in [9.17, 15) is 18.0 Å². The van der Waals surface area contributed by atoms with Gasteiger partial charge in [-0.3, -0.25) is 9.59 Å². The van der Waals surface area contributed by atoms with E-state index in [1.807, 2.05) is 12.1 Å². The van der Waals surface area contributed by atoms with Gasteiger partial charge in [0.2, 0.25) is 0 Å². The van der Waals surface area contributed by atoms with Crippen molar-refractivity contribution in [2.45, 2.75) is 29.6 Å². The number of thioether (sulfide) groups is 1. The van der Waals surface area contributed by atoms with Crippen molar-refractivity contribution in [3.63, 3.8) is 0 Å². The number of hydrogen-bond donors (Lipinski definition) is 2. The van der Waals surface area contributed by atoms with Crippen LogP contribution in [0.2, 0.25) is 0 Å². The molecule has 0 bridgehead atoms. The van der Waals surface area contributed by atoms with E-state index in [2.05, 4.69) is 10.6 Å². The van der Waals surface area contributed by atoms with Crippen LogP contribution in [0, 0.1) is 0 Å². The van der Waals surface area contributed by atoms with Crippen molar-refractivity contribution in [2.24, 2.45) is 0 Å². The second-order valence-corrected chi connectivity index (χ2v) is 10.6. The van der Waals surface area contributed by atoms with Gasteiger partial charge in [0.1, 0.15) is 5.75 Å². The Morgan fingerprint density at radius 1 is 1.24 bits per heavy atom. The summed E-state index contributed by atoms with van der Waals surface area (Å²) in [6, 6.07) is 12.2. The summed E-state index contributed by atoms with van der Waals surface area (Å²) in [6.07, 6.45) is 0.0255. The Morgan fingerprint density at radius 2 is 2.03 bits per heavy atom. The molecule has 0 spiro atoms. The number of benzene rings is 2. The van der Waals surface area contributed by atoms with Gasteiger partial charge in [-0.25, -0.2) is 8.42 Å². The number of anilines is 2. The molecular formula is C20H20N2O5S2. The fourth-order valence-electron chi connectivity index (χ4n) is 3.28. The zero-order valence-corrected chi connectivity index (χ0v) is 17.3. The topological polar surface area (TPSA) is 102 Å². The fourth-order valence-corrected chi connectivity index (χ4v) is 6.90. The van der Waals surface area contributed by atoms with Gasteiger partial charge >= 0.3 is 0 Å². The van der Waals surface area contributed by atoms with Gasteiger partial charge < -0.3 is 15.4 Å². The summed E-state index contributed by atoms with van der Waals surface area (Å²) in [4.78, 5) is 25.4. The van der Waals surface area contributed by atoms with Crippen LogP contribution >= 0.6 is 11.8 Å². The molecule has 2 aliphatic heterocycles. The van der Waals surface area contributed by atoms with E-state index in [0.717, 1.165) is 4.90 Å². The fraction of sp³-hybridized carbons (Fsp3) is 0.300. The lowest BCUT2D eigenvalue weighted by atomic mass is 10.2. The standard InChI is InChI=1S/C20H20N2O5S2/c1-12-19(23)22-16-10-13(6-7-17(16)27-12)21-20(24)15-4-2-3-5-18(15)28-14-8-9-29(25,26)11-14/h2-7,10,12,14H,8-9,11H2,1H3,(H,21,24)(H,22,23)/t12-,14+/m0/s1. The van der Waals surface area contributed by atoms with Crippen LogP contribution in [0.3, 0.4) is 0 Å². The summed E-state index contributed by atoms with van der Waals surface area (Å²) < 4.78 is 29.0. The molecule has 4 rings (SSSR count). The first-order valence-electron chi connectivity index (χ1n) is 9.20. The number of hydrogen-bond acceptors (Lipinski definition) is 6. The maximum Gasteiger partial charge on any atom is 0.265 e. The summed E-state index contributed by atoms with van der Waals surface area (Å²) in [6.45, 7) is 1.66. The predicted octanol–water partition coefficient (Wildman–Crippen LogP) is 2.94. The maximum atomic E-state index is 12.9. The molecule has 0 unspecified atom stereocenters. The second-order valence-electron chi connectivity index (χ2n) is 7.05. The normalized spacial score (nSPS) is 22.3. The summed E-state index contributed by atoms with van der Waals surface area (Å²) in [5.74, 6) is 0.338. The molecule has 2 amide bonds. The first-order valence-corrected chi connectivity index (χ1v) is 11.9. The van der Waals surface area contributed by atoms with Crippen molar-refractivity contribution in [3.8, 4) is 5.75 Å². The summed E-state index contributed by atoms with van der Waals surface area (Å²) in [5, 5.41) is 5.54. The lowest BCUT2D eigenvalue weighted by Crippen LogP contribution is -2.34. The predicted molar refractivity (Wildman–Crippen MR) is 112 cm³/mol. The summed E-state index contributed by atoms with van der Waals surface area (Å²) >= 11 is 1.43. The Hall–Kier alpha value is -2.52. The molecule has 2 aromatic carbocycles. The minimum absolute atomic E-state index is 0.0490. The van der Waals surface area contributed by atoms with Crippen molar-refractivity contribution in [1.82, 2.24) is 0 Å². The van der Waals surface area contributed by atoms with Crippen LogP contribution in [0.4, 0.5) is 11.4 Å². The van der Waals surface area contributed by atoms with Gasteiger partial charge in [0.05, 0.1) is 22.8 Å². The molecule has 29 heavy (non-hydrogen) atoms. The average Bonchev–Trinajstić information content (AvgIpc) is 3.01. The molecule has 2 atom stereocenters. The third kappa shape index (κ3) is 4.40. The number of carbonyl (C=O) groups excluding carboxylic acids is 2. The van der Waals surface area contributed by atoms with Crippen LogP contribution in [-0.2, 0) is 14.6 Å². The van der Waals surface area contributed by atoms with Gasteiger partial charge in [-0.05, 0) is 43.7 Å². The van der Waals surface area contributed by atoms with Gasteiger partial charge in [-0.2, -0.15) is 0 Å². The first kappa shape index (κ1) is 19.8. The van der Waals surface area contributed by atoms with Crippen molar-refractivity contribution in [1.29, 1.82) is 0 Å². The molecule has 152 valence electrons. The molecule has 7 nitrogen and oxygen atoms in total. The monoisotopic (exact) mass is 432 g/mol. The van der Waals surface area contributed by atoms with Crippen molar-refractivity contribution < 1.29 is 22.7 Å². The first-order chi connectivity index (χ1) is 13.8. The number of ether oxygens (including phenoxy) is 1. The number of nitrogens with one attached hydrogen (secondary N) is 2. The van der Waals surface area contributed by atoms with Gasteiger partial charge in [0, 0.05) is 15.8 Å². The highest BCUT2D eigenvalue weighted by Crippen LogP contribution is 2.35. The Morgan fingerprint density at radius 3 is 2.79 bits per heavy atom. The van der Waals surface area contributed by atoms with Gasteiger partial charge in [-0.15, -0.1) is 11.8 Å². The summed E-state index contributed by atoms with van der Waals surface area (Å²) in [7, 11) is -2.98. The quantitative estimate of drug-likeness (QED) is 0.770. The zero-order valence-electron chi connectivity index (χ0n) is 15.7. The molecule has 2 N–H and O–H groups in total. The molecule has 0 saturated carbocycles. The second kappa shape index (κ2) is 7.72. The highest BCUT2D eigenvalue weighted by atomic mass is 32.2. The number of sulfone groups is 1. The van der Waals surface area contributed by atoms with Crippen LogP contribution in [0.5, 0.6) is 5.75 Å². The highest BCUT2D eigenvalue weighted by Gasteiger charge is 2.29. The number of carbonyl (C=O) groups is 2. The summed E-state index contributed by atoms with van der Waals surface area (Å²) in [5.41, 5.74) is 1.51. The Bertz CT molecular complexity index is 1080. The smallest absolute Gasteiger partial charge is 0.265 e. The van der Waals surface area contributed by atoms with Gasteiger partial charge in [0.15, 0.2) is 15.9 Å². The van der Waals surface area contributed by atoms with E-state index in [4.69, 9.17) is 4.74 Å². The Labute approximate surface area is 173 Å². The van der Waals surface area contributed by atoms with Crippen molar-refractivity contribution in [3.05, 3.63) is 48.0 Å². The number of fused-ring (bicyclic) bond motifs is 1. The van der Waals surface area contributed by atoms with E-state index < -0.39 is 15.9 Å². The molecule has 0 aromatic heterocycles. The van der Waals surface area contributed by atoms with Crippen molar-refractivity contribution >= 4 is 44.8 Å². The van der Waals surface area contributed by atoms with E-state index in [1.165, 1.54) is 11.8 Å². The molecule has 0 radical (unpaired) electrons. The van der Waals surface area contributed by atoms with Crippen LogP contribution in [-0.4, -0.2) is 43.1 Å². The SMILES string of the molecule is C[C@@H]1Oc2ccc(NC(=O)c3ccccc3S[C@@H]3CCS(=O)(=O)C3)cc2NC1=O. The van der Waals surface area contributed by atoms with Crippen LogP contribution in [0.25, 0.3) is 0 Å². The van der Waals surface area contributed by atoms with Gasteiger partial charge in [0.25, 0.3) is 11.8 Å². The third-order valence-corrected chi connectivity index (χ3v) is 8.11. The minimum Gasteiger partial charge on any atom is -0.479 e.